The summed E-state index contributed by atoms with van der Waals surface area (Å²) in [5, 5.41) is 23.1. The Morgan fingerprint density at radius 2 is 0.653 bits per heavy atom. The molecule has 0 aliphatic rings. The Bertz CT molecular complexity index is 1120. The zero-order valence-electron chi connectivity index (χ0n) is 48.7. The molecule has 0 saturated carbocycles. The average molecular weight is 1010 g/mol. The average Bonchev–Trinajstić information content (AvgIpc) is 3.38. The highest BCUT2D eigenvalue weighted by Gasteiger charge is 2.18. The molecule has 72 heavy (non-hydrogen) atoms. The van der Waals surface area contributed by atoms with Crippen molar-refractivity contribution in [2.75, 3.05) is 13.2 Å². The summed E-state index contributed by atoms with van der Waals surface area (Å²) in [6, 6.07) is -0.630. The molecule has 0 radical (unpaired) electrons. The number of nitrogens with one attached hydrogen (secondary N) is 1. The van der Waals surface area contributed by atoms with E-state index in [-0.39, 0.29) is 18.5 Å². The minimum atomic E-state index is -0.846. The predicted octanol–water partition coefficient (Wildman–Crippen LogP) is 20.6. The quantitative estimate of drug-likeness (QED) is 0.0320. The Morgan fingerprint density at radius 3 is 0.986 bits per heavy atom. The van der Waals surface area contributed by atoms with Crippen molar-refractivity contribution in [1.82, 2.24) is 5.32 Å². The number of aliphatic hydroxyl groups is 2. The van der Waals surface area contributed by atoms with E-state index in [9.17, 15) is 19.8 Å². The summed E-state index contributed by atoms with van der Waals surface area (Å²) in [6.45, 7) is 4.92. The van der Waals surface area contributed by atoms with Crippen LogP contribution in [0.25, 0.3) is 0 Å². The van der Waals surface area contributed by atoms with Gasteiger partial charge in [-0.05, 0) is 57.8 Å². The van der Waals surface area contributed by atoms with E-state index in [1.54, 1.807) is 6.08 Å². The summed E-state index contributed by atoms with van der Waals surface area (Å²) < 4.78 is 5.51. The maximum Gasteiger partial charge on any atom is 0.305 e. The van der Waals surface area contributed by atoms with Crippen molar-refractivity contribution in [2.45, 2.75) is 373 Å². The molecule has 0 fully saturated rings. The SMILES string of the molecule is CCCCCCCCCCCC/C=C/C(O)C(CO)NC(=O)CCCCCCCCCC/C=C\CCCCCCCCCCCCCCOC(=O)CCCCCCCCCCCCCCCCCCCCC. The zero-order valence-corrected chi connectivity index (χ0v) is 48.7. The summed E-state index contributed by atoms with van der Waals surface area (Å²) >= 11 is 0. The maximum atomic E-state index is 12.4. The first kappa shape index (κ1) is 70.3. The van der Waals surface area contributed by atoms with Gasteiger partial charge in [0.25, 0.3) is 0 Å². The topological polar surface area (TPSA) is 95.9 Å². The number of esters is 1. The third kappa shape index (κ3) is 57.6. The third-order valence-corrected chi connectivity index (χ3v) is 15.2. The second-order valence-corrected chi connectivity index (χ2v) is 22.5. The number of carbonyl (C=O) groups is 2. The van der Waals surface area contributed by atoms with Crippen LogP contribution >= 0.6 is 0 Å². The molecule has 6 nitrogen and oxygen atoms in total. The molecule has 2 unspecified atom stereocenters. The van der Waals surface area contributed by atoms with Crippen molar-refractivity contribution in [2.24, 2.45) is 0 Å². The number of unbranched alkanes of at least 4 members (excludes halogenated alkanes) is 48. The molecule has 0 bridgehead atoms. The van der Waals surface area contributed by atoms with E-state index in [2.05, 4.69) is 31.3 Å². The number of hydrogen-bond acceptors (Lipinski definition) is 5. The van der Waals surface area contributed by atoms with Crippen molar-refractivity contribution in [3.8, 4) is 0 Å². The number of allylic oxidation sites excluding steroid dienone is 3. The minimum Gasteiger partial charge on any atom is -0.466 e. The summed E-state index contributed by atoms with van der Waals surface area (Å²) in [4.78, 5) is 24.5. The van der Waals surface area contributed by atoms with Crippen LogP contribution in [0.2, 0.25) is 0 Å². The molecule has 0 heterocycles. The summed E-state index contributed by atoms with van der Waals surface area (Å²) in [6.07, 6.45) is 76.7. The highest BCUT2D eigenvalue weighted by molar-refractivity contribution is 5.76. The number of rotatable bonds is 61. The van der Waals surface area contributed by atoms with E-state index in [0.29, 0.717) is 19.4 Å². The lowest BCUT2D eigenvalue weighted by atomic mass is 10.0. The molecule has 0 rings (SSSR count). The van der Waals surface area contributed by atoms with Gasteiger partial charge in [0.1, 0.15) is 0 Å². The first-order valence-electron chi connectivity index (χ1n) is 32.6. The lowest BCUT2D eigenvalue weighted by Gasteiger charge is -2.20. The van der Waals surface area contributed by atoms with Gasteiger partial charge in [0.15, 0.2) is 0 Å². The van der Waals surface area contributed by atoms with E-state index >= 15 is 0 Å². The first-order chi connectivity index (χ1) is 35.5. The number of aliphatic hydroxyl groups excluding tert-OH is 2. The number of hydrogen-bond donors (Lipinski definition) is 3. The normalized spacial score (nSPS) is 12.7. The molecule has 0 aliphatic heterocycles. The van der Waals surface area contributed by atoms with Gasteiger partial charge in [-0.2, -0.15) is 0 Å². The molecule has 0 aromatic heterocycles. The Balaban J connectivity index is 3.37. The molecule has 0 aliphatic carbocycles. The van der Waals surface area contributed by atoms with E-state index in [1.807, 2.05) is 6.08 Å². The van der Waals surface area contributed by atoms with Crippen molar-refractivity contribution < 1.29 is 24.5 Å². The fraction of sp³-hybridized carbons (Fsp3) is 0.909. The van der Waals surface area contributed by atoms with Crippen LogP contribution in [0.4, 0.5) is 0 Å². The van der Waals surface area contributed by atoms with Gasteiger partial charge in [0.2, 0.25) is 5.91 Å². The lowest BCUT2D eigenvalue weighted by molar-refractivity contribution is -0.143. The van der Waals surface area contributed by atoms with E-state index in [0.717, 1.165) is 38.5 Å². The fourth-order valence-corrected chi connectivity index (χ4v) is 10.2. The van der Waals surface area contributed by atoms with Crippen LogP contribution in [-0.2, 0) is 14.3 Å². The molecule has 426 valence electrons. The third-order valence-electron chi connectivity index (χ3n) is 15.2. The summed E-state index contributed by atoms with van der Waals surface area (Å²) in [5.41, 5.74) is 0. The molecule has 0 aromatic rings. The smallest absolute Gasteiger partial charge is 0.305 e. The molecule has 0 aromatic carbocycles. The van der Waals surface area contributed by atoms with Crippen LogP contribution in [-0.4, -0.2) is 47.4 Å². The Hall–Kier alpha value is -1.66. The maximum absolute atomic E-state index is 12.4. The zero-order chi connectivity index (χ0) is 52.2. The van der Waals surface area contributed by atoms with Crippen LogP contribution in [0.15, 0.2) is 24.3 Å². The van der Waals surface area contributed by atoms with Crippen LogP contribution < -0.4 is 5.32 Å². The molecule has 3 N–H and O–H groups in total. The summed E-state index contributed by atoms with van der Waals surface area (Å²) in [7, 11) is 0. The van der Waals surface area contributed by atoms with E-state index in [1.165, 1.54) is 295 Å². The van der Waals surface area contributed by atoms with Gasteiger partial charge in [0, 0.05) is 12.8 Å². The molecule has 0 spiro atoms. The van der Waals surface area contributed by atoms with Crippen LogP contribution in [0.1, 0.15) is 361 Å². The van der Waals surface area contributed by atoms with E-state index < -0.39 is 12.1 Å². The molecule has 6 heteroatoms. The van der Waals surface area contributed by atoms with E-state index in [4.69, 9.17) is 4.74 Å². The monoisotopic (exact) mass is 1010 g/mol. The van der Waals surface area contributed by atoms with Crippen LogP contribution in [0.3, 0.4) is 0 Å². The first-order valence-corrected chi connectivity index (χ1v) is 32.6. The Morgan fingerprint density at radius 1 is 0.375 bits per heavy atom. The number of amides is 1. The summed E-state index contributed by atoms with van der Waals surface area (Å²) in [5.74, 6) is -0.0549. The minimum absolute atomic E-state index is 0.0172. The molecule has 2 atom stereocenters. The van der Waals surface area contributed by atoms with Crippen molar-refractivity contribution in [3.63, 3.8) is 0 Å². The number of carbonyl (C=O) groups excluding carboxylic acids is 2. The van der Waals surface area contributed by atoms with Gasteiger partial charge in [-0.1, -0.05) is 314 Å². The van der Waals surface area contributed by atoms with Crippen molar-refractivity contribution in [3.05, 3.63) is 24.3 Å². The van der Waals surface area contributed by atoms with Gasteiger partial charge >= 0.3 is 5.97 Å². The van der Waals surface area contributed by atoms with Gasteiger partial charge in [-0.15, -0.1) is 0 Å². The van der Waals surface area contributed by atoms with Crippen molar-refractivity contribution >= 4 is 11.9 Å². The van der Waals surface area contributed by atoms with Gasteiger partial charge in [-0.25, -0.2) is 0 Å². The van der Waals surface area contributed by atoms with Crippen molar-refractivity contribution in [1.29, 1.82) is 0 Å². The molecule has 1 amide bonds. The van der Waals surface area contributed by atoms with Crippen LogP contribution in [0.5, 0.6) is 0 Å². The van der Waals surface area contributed by atoms with Gasteiger partial charge in [-0.3, -0.25) is 9.59 Å². The van der Waals surface area contributed by atoms with Gasteiger partial charge < -0.3 is 20.3 Å². The lowest BCUT2D eigenvalue weighted by Crippen LogP contribution is -2.45. The molecular formula is C66H127NO5. The Kier molecular flexibility index (Phi) is 60.5. The highest BCUT2D eigenvalue weighted by Crippen LogP contribution is 2.18. The predicted molar refractivity (Wildman–Crippen MR) is 315 cm³/mol. The standard InChI is InChI=1S/C66H127NO5/c1-3-5-7-9-11-13-15-17-18-19-26-30-33-36-40-44-48-52-56-60-66(71)72-61-57-53-49-45-41-37-34-31-28-25-23-21-20-22-24-27-29-32-35-39-43-47-51-55-59-65(70)67-63(62-68)64(69)58-54-50-46-42-38-16-14-12-10-8-6-4-2/h22,24,54,58,63-64,68-69H,3-21,23,25-53,55-57,59-62H2,1-2H3,(H,67,70)/b24-22-,58-54+. The second kappa shape index (κ2) is 61.9. The van der Waals surface area contributed by atoms with Crippen LogP contribution in [0, 0.1) is 0 Å². The largest absolute Gasteiger partial charge is 0.466 e. The van der Waals surface area contributed by atoms with Gasteiger partial charge in [0.05, 0.1) is 25.4 Å². The highest BCUT2D eigenvalue weighted by atomic mass is 16.5. The fourth-order valence-electron chi connectivity index (χ4n) is 10.2. The second-order valence-electron chi connectivity index (χ2n) is 22.5. The molecular weight excluding hydrogens is 887 g/mol. The number of ether oxygens (including phenoxy) is 1. The molecule has 0 saturated heterocycles. The Labute approximate surface area is 450 Å².